The number of nitrogens with zero attached hydrogens (tertiary/aromatic N) is 3. The van der Waals surface area contributed by atoms with Gasteiger partial charge in [-0.3, -0.25) is 10.1 Å². The van der Waals surface area contributed by atoms with Crippen LogP contribution in [0.1, 0.15) is 33.2 Å². The molecule has 0 unspecified atom stereocenters. The number of rotatable bonds is 4. The van der Waals surface area contributed by atoms with Crippen molar-refractivity contribution in [3.05, 3.63) is 39.8 Å². The molecule has 0 atom stereocenters. The van der Waals surface area contributed by atoms with Crippen LogP contribution >= 0.6 is 22.7 Å². The van der Waals surface area contributed by atoms with E-state index in [0.717, 1.165) is 33.6 Å². The molecule has 0 radical (unpaired) electrons. The zero-order chi connectivity index (χ0) is 18.6. The highest BCUT2D eigenvalue weighted by molar-refractivity contribution is 7.90. The van der Waals surface area contributed by atoms with E-state index >= 15 is 0 Å². The average Bonchev–Trinajstić information content (AvgIpc) is 3.31. The highest BCUT2D eigenvalue weighted by Crippen LogP contribution is 2.36. The molecule has 5 rings (SSSR count). The summed E-state index contributed by atoms with van der Waals surface area (Å²) >= 11 is 2.68. The van der Waals surface area contributed by atoms with Crippen molar-refractivity contribution in [2.24, 2.45) is 0 Å². The molecule has 7 nitrogen and oxygen atoms in total. The number of amides is 1. The van der Waals surface area contributed by atoms with Crippen molar-refractivity contribution in [3.8, 4) is 0 Å². The van der Waals surface area contributed by atoms with E-state index in [4.69, 9.17) is 0 Å². The summed E-state index contributed by atoms with van der Waals surface area (Å²) in [6, 6.07) is 7.61. The first-order chi connectivity index (χ1) is 13.0. The SMILES string of the molecule is O=C(Nc1nc2c(s1)CN(S(=O)(=O)C1CC1)CC2)c1nc2ccccc2s1. The lowest BCUT2D eigenvalue weighted by molar-refractivity contribution is 0.102. The summed E-state index contributed by atoms with van der Waals surface area (Å²) in [4.78, 5) is 22.3. The van der Waals surface area contributed by atoms with Crippen LogP contribution in [0.15, 0.2) is 24.3 Å². The number of thiazole rings is 2. The van der Waals surface area contributed by atoms with Gasteiger partial charge in [0.15, 0.2) is 10.1 Å². The number of anilines is 1. The number of nitrogens with one attached hydrogen (secondary N) is 1. The first kappa shape index (κ1) is 17.2. The van der Waals surface area contributed by atoms with E-state index in [-0.39, 0.29) is 11.2 Å². The number of fused-ring (bicyclic) bond motifs is 2. The van der Waals surface area contributed by atoms with Crippen LogP contribution in [0.4, 0.5) is 5.13 Å². The van der Waals surface area contributed by atoms with Crippen LogP contribution < -0.4 is 5.32 Å². The smallest absolute Gasteiger partial charge is 0.286 e. The normalized spacial score (nSPS) is 17.8. The fraction of sp³-hybridized carbons (Fsp3) is 0.353. The Labute approximate surface area is 164 Å². The zero-order valence-corrected chi connectivity index (χ0v) is 16.7. The van der Waals surface area contributed by atoms with Crippen molar-refractivity contribution < 1.29 is 13.2 Å². The summed E-state index contributed by atoms with van der Waals surface area (Å²) in [5.74, 6) is -0.287. The van der Waals surface area contributed by atoms with Gasteiger partial charge in [-0.15, -0.1) is 22.7 Å². The largest absolute Gasteiger partial charge is 0.296 e. The van der Waals surface area contributed by atoms with Crippen LogP contribution in [0.5, 0.6) is 0 Å². The van der Waals surface area contributed by atoms with Crippen molar-refractivity contribution in [2.75, 3.05) is 11.9 Å². The minimum absolute atomic E-state index is 0.204. The van der Waals surface area contributed by atoms with Gasteiger partial charge in [-0.05, 0) is 25.0 Å². The highest BCUT2D eigenvalue weighted by atomic mass is 32.2. The van der Waals surface area contributed by atoms with E-state index in [1.165, 1.54) is 22.7 Å². The average molecular weight is 421 g/mol. The molecule has 1 saturated carbocycles. The molecule has 140 valence electrons. The first-order valence-corrected chi connectivity index (χ1v) is 11.8. The third-order valence-electron chi connectivity index (χ3n) is 4.71. The van der Waals surface area contributed by atoms with Crippen LogP contribution in [0.25, 0.3) is 10.2 Å². The molecule has 3 heterocycles. The van der Waals surface area contributed by atoms with E-state index in [1.807, 2.05) is 24.3 Å². The van der Waals surface area contributed by atoms with Gasteiger partial charge in [0.1, 0.15) is 0 Å². The second-order valence-electron chi connectivity index (χ2n) is 6.66. The van der Waals surface area contributed by atoms with Gasteiger partial charge in [0, 0.05) is 24.4 Å². The maximum atomic E-state index is 12.5. The van der Waals surface area contributed by atoms with E-state index in [2.05, 4.69) is 15.3 Å². The molecule has 1 N–H and O–H groups in total. The molecule has 27 heavy (non-hydrogen) atoms. The Balaban J connectivity index is 1.34. The number of benzene rings is 1. The number of carbonyl (C=O) groups excluding carboxylic acids is 1. The van der Waals surface area contributed by atoms with Gasteiger partial charge in [0.2, 0.25) is 10.0 Å². The highest BCUT2D eigenvalue weighted by Gasteiger charge is 2.41. The number of sulfonamides is 1. The lowest BCUT2D eigenvalue weighted by Gasteiger charge is -2.25. The van der Waals surface area contributed by atoms with Gasteiger partial charge < -0.3 is 0 Å². The number of para-hydroxylation sites is 1. The molecule has 10 heteroatoms. The Morgan fingerprint density at radius 1 is 1.19 bits per heavy atom. The Bertz CT molecular complexity index is 1110. The maximum Gasteiger partial charge on any atom is 0.286 e. The Hall–Kier alpha value is -1.88. The van der Waals surface area contributed by atoms with E-state index in [9.17, 15) is 13.2 Å². The van der Waals surface area contributed by atoms with Crippen molar-refractivity contribution in [2.45, 2.75) is 31.1 Å². The molecular formula is C17H16N4O3S3. The van der Waals surface area contributed by atoms with Crippen LogP contribution in [-0.2, 0) is 23.0 Å². The van der Waals surface area contributed by atoms with Crippen LogP contribution in [0.3, 0.4) is 0 Å². The van der Waals surface area contributed by atoms with E-state index < -0.39 is 10.0 Å². The quantitative estimate of drug-likeness (QED) is 0.701. The summed E-state index contributed by atoms with van der Waals surface area (Å²) in [7, 11) is -3.19. The summed E-state index contributed by atoms with van der Waals surface area (Å²) in [5.41, 5.74) is 1.67. The van der Waals surface area contributed by atoms with Gasteiger partial charge in [-0.2, -0.15) is 4.31 Å². The summed E-state index contributed by atoms with van der Waals surface area (Å²) in [6.45, 7) is 0.809. The fourth-order valence-electron chi connectivity index (χ4n) is 3.14. The third kappa shape index (κ3) is 3.16. The molecular weight excluding hydrogens is 404 g/mol. The molecule has 1 fully saturated rings. The van der Waals surface area contributed by atoms with Gasteiger partial charge in [0.05, 0.1) is 21.2 Å². The van der Waals surface area contributed by atoms with Gasteiger partial charge in [-0.1, -0.05) is 12.1 Å². The lowest BCUT2D eigenvalue weighted by Crippen LogP contribution is -2.37. The molecule has 1 aliphatic heterocycles. The van der Waals surface area contributed by atoms with Crippen molar-refractivity contribution in [3.63, 3.8) is 0 Å². The van der Waals surface area contributed by atoms with Crippen molar-refractivity contribution in [1.82, 2.24) is 14.3 Å². The van der Waals surface area contributed by atoms with Crippen molar-refractivity contribution in [1.29, 1.82) is 0 Å². The standard InChI is InChI=1S/C17H16N4O3S3/c22-15(16-18-11-3-1-2-4-13(11)25-16)20-17-19-12-7-8-21(9-14(12)26-17)27(23,24)10-5-6-10/h1-4,10H,5-9H2,(H,19,20,22). The lowest BCUT2D eigenvalue weighted by atomic mass is 10.2. The molecule has 2 aliphatic rings. The van der Waals surface area contributed by atoms with Crippen LogP contribution in [0.2, 0.25) is 0 Å². The summed E-state index contributed by atoms with van der Waals surface area (Å²) in [5, 5.41) is 3.50. The number of carbonyl (C=O) groups is 1. The maximum absolute atomic E-state index is 12.5. The fourth-order valence-corrected chi connectivity index (χ4v) is 6.91. The summed E-state index contributed by atoms with van der Waals surface area (Å²) in [6.07, 6.45) is 2.10. The molecule has 1 aromatic carbocycles. The molecule has 1 amide bonds. The van der Waals surface area contributed by atoms with Gasteiger partial charge in [-0.25, -0.2) is 18.4 Å². The third-order valence-corrected chi connectivity index (χ3v) is 9.09. The monoisotopic (exact) mass is 420 g/mol. The molecule has 0 spiro atoms. The number of aromatic nitrogens is 2. The predicted molar refractivity (Wildman–Crippen MR) is 106 cm³/mol. The van der Waals surface area contributed by atoms with Gasteiger partial charge >= 0.3 is 0 Å². The van der Waals surface area contributed by atoms with E-state index in [0.29, 0.717) is 29.6 Å². The minimum atomic E-state index is -3.19. The molecule has 0 saturated heterocycles. The minimum Gasteiger partial charge on any atom is -0.296 e. The number of hydrogen-bond acceptors (Lipinski definition) is 7. The Morgan fingerprint density at radius 3 is 2.78 bits per heavy atom. The first-order valence-electron chi connectivity index (χ1n) is 8.65. The molecule has 3 aromatic rings. The predicted octanol–water partition coefficient (Wildman–Crippen LogP) is 2.86. The second kappa shape index (κ2) is 6.33. The summed E-state index contributed by atoms with van der Waals surface area (Å²) < 4.78 is 27.4. The number of hydrogen-bond donors (Lipinski definition) is 1. The zero-order valence-electron chi connectivity index (χ0n) is 14.2. The van der Waals surface area contributed by atoms with Crippen LogP contribution in [0, 0.1) is 0 Å². The molecule has 1 aliphatic carbocycles. The Morgan fingerprint density at radius 2 is 2.00 bits per heavy atom. The van der Waals surface area contributed by atoms with E-state index in [1.54, 1.807) is 4.31 Å². The molecule has 2 aromatic heterocycles. The second-order valence-corrected chi connectivity index (χ2v) is 11.0. The molecule has 0 bridgehead atoms. The van der Waals surface area contributed by atoms with Crippen molar-refractivity contribution >= 4 is 54.0 Å². The topological polar surface area (TPSA) is 92.3 Å². The Kier molecular flexibility index (Phi) is 4.04. The van der Waals surface area contributed by atoms with Crippen LogP contribution in [-0.4, -0.2) is 40.4 Å². The van der Waals surface area contributed by atoms with Gasteiger partial charge in [0.25, 0.3) is 5.91 Å².